The number of urea groups is 1. The lowest BCUT2D eigenvalue weighted by atomic mass is 10.1. The molecule has 96 valence electrons. The van der Waals surface area contributed by atoms with E-state index >= 15 is 0 Å². The van der Waals surface area contributed by atoms with E-state index in [9.17, 15) is 9.59 Å². The molecule has 0 radical (unpaired) electrons. The van der Waals surface area contributed by atoms with Gasteiger partial charge < -0.3 is 15.7 Å². The molecule has 1 aromatic rings. The van der Waals surface area contributed by atoms with E-state index < -0.39 is 12.0 Å². The predicted molar refractivity (Wildman–Crippen MR) is 70.0 cm³/mol. The van der Waals surface area contributed by atoms with Crippen molar-refractivity contribution in [3.63, 3.8) is 0 Å². The first kappa shape index (κ1) is 13.8. The molecule has 0 bridgehead atoms. The monoisotopic (exact) mass is 248 g/mol. The Hall–Kier alpha value is -2.30. The Morgan fingerprint density at radius 1 is 1.44 bits per heavy atom. The highest BCUT2D eigenvalue weighted by Gasteiger charge is 2.14. The van der Waals surface area contributed by atoms with Gasteiger partial charge in [-0.1, -0.05) is 18.2 Å². The fraction of sp³-hybridized carbons (Fsp3) is 0.231. The molecule has 1 aromatic carbocycles. The zero-order chi connectivity index (χ0) is 13.5. The molecule has 0 aliphatic rings. The normalized spacial score (nSPS) is 9.61. The molecule has 0 unspecified atom stereocenters. The summed E-state index contributed by atoms with van der Waals surface area (Å²) in [7, 11) is 0. The highest BCUT2D eigenvalue weighted by atomic mass is 16.4. The molecule has 0 saturated carbocycles. The van der Waals surface area contributed by atoms with E-state index in [-0.39, 0.29) is 5.56 Å². The number of aryl methyl sites for hydroxylation is 1. The summed E-state index contributed by atoms with van der Waals surface area (Å²) in [6.45, 7) is 5.69. The standard InChI is InChI=1S/C13H16N2O3/c1-3-4-8-14-13(18)15-10-7-5-6-9(2)11(10)12(16)17/h3,5-7H,1,4,8H2,2H3,(H,16,17)(H2,14,15,18). The summed E-state index contributed by atoms with van der Waals surface area (Å²) >= 11 is 0. The van der Waals surface area contributed by atoms with E-state index in [1.807, 2.05) is 0 Å². The Morgan fingerprint density at radius 2 is 2.17 bits per heavy atom. The van der Waals surface area contributed by atoms with Crippen LogP contribution in [0, 0.1) is 6.92 Å². The number of rotatable bonds is 5. The van der Waals surface area contributed by atoms with Gasteiger partial charge in [0.1, 0.15) is 0 Å². The van der Waals surface area contributed by atoms with Crippen molar-refractivity contribution in [1.29, 1.82) is 0 Å². The first-order chi connectivity index (χ1) is 8.56. The second-order valence-electron chi connectivity index (χ2n) is 3.76. The van der Waals surface area contributed by atoms with Crippen molar-refractivity contribution in [2.45, 2.75) is 13.3 Å². The van der Waals surface area contributed by atoms with Crippen LogP contribution in [0.4, 0.5) is 10.5 Å². The topological polar surface area (TPSA) is 78.4 Å². The molecule has 5 nitrogen and oxygen atoms in total. The second-order valence-corrected chi connectivity index (χ2v) is 3.76. The van der Waals surface area contributed by atoms with Crippen LogP contribution in [-0.4, -0.2) is 23.7 Å². The molecule has 3 N–H and O–H groups in total. The zero-order valence-corrected chi connectivity index (χ0v) is 10.2. The molecule has 0 aromatic heterocycles. The fourth-order valence-corrected chi connectivity index (χ4v) is 1.51. The van der Waals surface area contributed by atoms with Gasteiger partial charge >= 0.3 is 12.0 Å². The molecular formula is C13H16N2O3. The van der Waals surface area contributed by atoms with Crippen LogP contribution in [0.15, 0.2) is 30.9 Å². The summed E-state index contributed by atoms with van der Waals surface area (Å²) in [6.07, 6.45) is 2.35. The summed E-state index contributed by atoms with van der Waals surface area (Å²) in [5.74, 6) is -1.06. The van der Waals surface area contributed by atoms with Crippen molar-refractivity contribution < 1.29 is 14.7 Å². The fourth-order valence-electron chi connectivity index (χ4n) is 1.51. The van der Waals surface area contributed by atoms with Crippen LogP contribution in [0.25, 0.3) is 0 Å². The number of nitrogens with one attached hydrogen (secondary N) is 2. The third kappa shape index (κ3) is 3.62. The van der Waals surface area contributed by atoms with Crippen LogP contribution in [0.5, 0.6) is 0 Å². The van der Waals surface area contributed by atoms with E-state index in [1.54, 1.807) is 31.2 Å². The van der Waals surface area contributed by atoms with Crippen molar-refractivity contribution in [2.24, 2.45) is 0 Å². The van der Waals surface area contributed by atoms with Crippen LogP contribution in [0.1, 0.15) is 22.3 Å². The van der Waals surface area contributed by atoms with Crippen molar-refractivity contribution in [3.8, 4) is 0 Å². The number of aromatic carboxylic acids is 1. The molecule has 0 saturated heterocycles. The van der Waals surface area contributed by atoms with Crippen molar-refractivity contribution >= 4 is 17.7 Å². The third-order valence-corrected chi connectivity index (χ3v) is 2.37. The van der Waals surface area contributed by atoms with Crippen molar-refractivity contribution in [1.82, 2.24) is 5.32 Å². The minimum atomic E-state index is -1.06. The van der Waals surface area contributed by atoms with E-state index in [1.165, 1.54) is 0 Å². The molecule has 0 fully saturated rings. The molecule has 18 heavy (non-hydrogen) atoms. The van der Waals surface area contributed by atoms with E-state index in [2.05, 4.69) is 17.2 Å². The predicted octanol–water partition coefficient (Wildman–Crippen LogP) is 2.39. The minimum Gasteiger partial charge on any atom is -0.478 e. The van der Waals surface area contributed by atoms with Gasteiger partial charge in [0.15, 0.2) is 0 Å². The summed E-state index contributed by atoms with van der Waals surface area (Å²) in [5.41, 5.74) is 1.00. The molecule has 0 aliphatic heterocycles. The first-order valence-electron chi connectivity index (χ1n) is 5.55. The highest BCUT2D eigenvalue weighted by Crippen LogP contribution is 2.19. The van der Waals surface area contributed by atoms with Gasteiger partial charge in [-0.05, 0) is 25.0 Å². The maximum absolute atomic E-state index is 11.5. The van der Waals surface area contributed by atoms with Crippen molar-refractivity contribution in [2.75, 3.05) is 11.9 Å². The van der Waals surface area contributed by atoms with Crippen LogP contribution in [-0.2, 0) is 0 Å². The molecule has 2 amide bonds. The molecule has 0 aliphatic carbocycles. The maximum Gasteiger partial charge on any atom is 0.338 e. The summed E-state index contributed by atoms with van der Waals surface area (Å²) in [5, 5.41) is 14.2. The Kier molecular flexibility index (Phi) is 4.92. The Balaban J connectivity index is 2.78. The van der Waals surface area contributed by atoms with Gasteiger partial charge in [-0.2, -0.15) is 0 Å². The summed E-state index contributed by atoms with van der Waals surface area (Å²) in [4.78, 5) is 22.6. The number of carboxylic acids is 1. The van der Waals surface area contributed by atoms with Crippen LogP contribution in [0.3, 0.4) is 0 Å². The van der Waals surface area contributed by atoms with Crippen LogP contribution >= 0.6 is 0 Å². The number of hydrogen-bond acceptors (Lipinski definition) is 2. The lowest BCUT2D eigenvalue weighted by molar-refractivity contribution is 0.0697. The van der Waals surface area contributed by atoms with E-state index in [0.29, 0.717) is 24.2 Å². The lowest BCUT2D eigenvalue weighted by Crippen LogP contribution is -2.30. The van der Waals surface area contributed by atoms with Crippen LogP contribution in [0.2, 0.25) is 0 Å². The van der Waals surface area contributed by atoms with E-state index in [4.69, 9.17) is 5.11 Å². The zero-order valence-electron chi connectivity index (χ0n) is 10.2. The van der Waals surface area contributed by atoms with Gasteiger partial charge in [-0.3, -0.25) is 0 Å². The lowest BCUT2D eigenvalue weighted by Gasteiger charge is -2.11. The number of anilines is 1. The number of carboxylic acid groups (broad SMARTS) is 1. The average Bonchev–Trinajstić information content (AvgIpc) is 2.28. The number of carbonyl (C=O) groups is 2. The molecule has 0 spiro atoms. The molecular weight excluding hydrogens is 232 g/mol. The van der Waals surface area contributed by atoms with E-state index in [0.717, 1.165) is 0 Å². The molecule has 1 rings (SSSR count). The van der Waals surface area contributed by atoms with Gasteiger partial charge in [0.25, 0.3) is 0 Å². The van der Waals surface area contributed by atoms with Gasteiger partial charge in [-0.15, -0.1) is 6.58 Å². The summed E-state index contributed by atoms with van der Waals surface area (Å²) in [6, 6.07) is 4.51. The molecule has 0 atom stereocenters. The number of carbonyl (C=O) groups excluding carboxylic acids is 1. The average molecular weight is 248 g/mol. The number of benzene rings is 1. The first-order valence-corrected chi connectivity index (χ1v) is 5.55. The van der Waals surface area contributed by atoms with Gasteiger partial charge in [0.05, 0.1) is 11.3 Å². The van der Waals surface area contributed by atoms with Gasteiger partial charge in [0, 0.05) is 6.54 Å². The number of hydrogen-bond donors (Lipinski definition) is 3. The molecule has 0 heterocycles. The Morgan fingerprint density at radius 3 is 2.78 bits per heavy atom. The van der Waals surface area contributed by atoms with Crippen LogP contribution < -0.4 is 10.6 Å². The Labute approximate surface area is 106 Å². The SMILES string of the molecule is C=CCCNC(=O)Nc1cccc(C)c1C(=O)O. The third-order valence-electron chi connectivity index (χ3n) is 2.37. The summed E-state index contributed by atoms with van der Waals surface area (Å²) < 4.78 is 0. The Bertz CT molecular complexity index is 469. The minimum absolute atomic E-state index is 0.108. The highest BCUT2D eigenvalue weighted by molar-refractivity contribution is 6.01. The number of amides is 2. The molecule has 5 heteroatoms. The van der Waals surface area contributed by atoms with Gasteiger partial charge in [0.2, 0.25) is 0 Å². The van der Waals surface area contributed by atoms with Gasteiger partial charge in [-0.25, -0.2) is 9.59 Å². The maximum atomic E-state index is 11.5. The second kappa shape index (κ2) is 6.44. The smallest absolute Gasteiger partial charge is 0.338 e. The van der Waals surface area contributed by atoms with Crippen molar-refractivity contribution in [3.05, 3.63) is 42.0 Å². The largest absolute Gasteiger partial charge is 0.478 e. The quantitative estimate of drug-likeness (QED) is 0.553.